The van der Waals surface area contributed by atoms with Crippen LogP contribution in [0.2, 0.25) is 0 Å². The minimum absolute atomic E-state index is 0.101. The van der Waals surface area contributed by atoms with Gasteiger partial charge >= 0.3 is 11.9 Å². The maximum atomic E-state index is 12.8. The monoisotopic (exact) mass is 307 g/mol. The van der Waals surface area contributed by atoms with Crippen LogP contribution in [0.4, 0.5) is 13.2 Å². The molecule has 0 bridgehead atoms. The molecule has 0 saturated carbocycles. The lowest BCUT2D eigenvalue weighted by Crippen LogP contribution is -2.30. The Kier molecular flexibility index (Phi) is 3.09. The third kappa shape index (κ3) is 2.28. The molecular formula is C14H8F3N3O2. The van der Waals surface area contributed by atoms with Crippen molar-refractivity contribution in [1.82, 2.24) is 14.5 Å². The van der Waals surface area contributed by atoms with Gasteiger partial charge in [0.15, 0.2) is 5.65 Å². The lowest BCUT2D eigenvalue weighted by molar-refractivity contribution is -0.141. The molecule has 112 valence electrons. The van der Waals surface area contributed by atoms with Gasteiger partial charge in [-0.3, -0.25) is 9.78 Å². The van der Waals surface area contributed by atoms with E-state index in [1.807, 2.05) is 0 Å². The van der Waals surface area contributed by atoms with Crippen LogP contribution in [0.15, 0.2) is 52.1 Å². The molecule has 0 radical (unpaired) electrons. The van der Waals surface area contributed by atoms with Crippen LogP contribution in [-0.4, -0.2) is 14.5 Å². The molecule has 5 nitrogen and oxygen atoms in total. The van der Waals surface area contributed by atoms with Crippen molar-refractivity contribution >= 4 is 11.0 Å². The first kappa shape index (κ1) is 14.1. The van der Waals surface area contributed by atoms with Crippen molar-refractivity contribution in [3.05, 3.63) is 69.0 Å². The van der Waals surface area contributed by atoms with Gasteiger partial charge in [0, 0.05) is 0 Å². The SMILES string of the molecule is O=c1[nH]c(=O)n(-c2ccccc2)c2nc(C(F)(F)F)ccc12. The van der Waals surface area contributed by atoms with E-state index in [4.69, 9.17) is 0 Å². The minimum atomic E-state index is -4.67. The smallest absolute Gasteiger partial charge is 0.273 e. The Balaban J connectivity index is 2.45. The number of benzene rings is 1. The fourth-order valence-electron chi connectivity index (χ4n) is 2.09. The summed E-state index contributed by atoms with van der Waals surface area (Å²) >= 11 is 0. The summed E-state index contributed by atoms with van der Waals surface area (Å²) in [4.78, 5) is 29.3. The Morgan fingerprint density at radius 2 is 1.68 bits per heavy atom. The lowest BCUT2D eigenvalue weighted by atomic mass is 10.2. The van der Waals surface area contributed by atoms with Gasteiger partial charge in [-0.1, -0.05) is 18.2 Å². The molecule has 8 heteroatoms. The van der Waals surface area contributed by atoms with Gasteiger partial charge in [0.2, 0.25) is 0 Å². The number of hydrogen-bond donors (Lipinski definition) is 1. The first-order valence-corrected chi connectivity index (χ1v) is 6.16. The highest BCUT2D eigenvalue weighted by atomic mass is 19.4. The molecule has 0 spiro atoms. The molecule has 0 amide bonds. The van der Waals surface area contributed by atoms with Crippen LogP contribution in [0.25, 0.3) is 16.7 Å². The molecule has 1 aromatic carbocycles. The molecule has 2 aromatic heterocycles. The maximum absolute atomic E-state index is 12.8. The number of H-pyrrole nitrogens is 1. The number of aromatic amines is 1. The van der Waals surface area contributed by atoms with Crippen LogP contribution in [0.1, 0.15) is 5.69 Å². The van der Waals surface area contributed by atoms with Gasteiger partial charge in [-0.2, -0.15) is 13.2 Å². The van der Waals surface area contributed by atoms with E-state index in [-0.39, 0.29) is 11.0 Å². The fourth-order valence-corrected chi connectivity index (χ4v) is 2.09. The molecule has 0 saturated heterocycles. The number of nitrogens with zero attached hydrogens (tertiary/aromatic N) is 2. The zero-order valence-electron chi connectivity index (χ0n) is 10.9. The van der Waals surface area contributed by atoms with E-state index in [2.05, 4.69) is 9.97 Å². The predicted molar refractivity (Wildman–Crippen MR) is 73.0 cm³/mol. The number of nitrogens with one attached hydrogen (secondary N) is 1. The third-order valence-electron chi connectivity index (χ3n) is 3.06. The van der Waals surface area contributed by atoms with E-state index in [9.17, 15) is 22.8 Å². The van der Waals surface area contributed by atoms with Gasteiger partial charge in [-0.15, -0.1) is 0 Å². The number of aromatic nitrogens is 3. The first-order chi connectivity index (χ1) is 10.4. The van der Waals surface area contributed by atoms with Crippen molar-refractivity contribution in [3.8, 4) is 5.69 Å². The average molecular weight is 307 g/mol. The third-order valence-corrected chi connectivity index (χ3v) is 3.06. The normalized spacial score (nSPS) is 11.8. The van der Waals surface area contributed by atoms with Crippen molar-refractivity contribution in [1.29, 1.82) is 0 Å². The number of halogens is 3. The Labute approximate surface area is 120 Å². The number of pyridine rings is 1. The largest absolute Gasteiger partial charge is 0.433 e. The van der Waals surface area contributed by atoms with E-state index in [1.54, 1.807) is 18.2 Å². The van der Waals surface area contributed by atoms with Crippen LogP contribution < -0.4 is 11.2 Å². The predicted octanol–water partition coefficient (Wildman–Crippen LogP) is 2.09. The highest BCUT2D eigenvalue weighted by Crippen LogP contribution is 2.28. The molecule has 3 rings (SSSR count). The number of hydrogen-bond acceptors (Lipinski definition) is 3. The zero-order valence-corrected chi connectivity index (χ0v) is 10.9. The molecule has 0 atom stereocenters. The Hall–Kier alpha value is -2.90. The second-order valence-corrected chi connectivity index (χ2v) is 4.50. The number of fused-ring (bicyclic) bond motifs is 1. The summed E-state index contributed by atoms with van der Waals surface area (Å²) in [6.45, 7) is 0. The maximum Gasteiger partial charge on any atom is 0.433 e. The van der Waals surface area contributed by atoms with E-state index >= 15 is 0 Å². The van der Waals surface area contributed by atoms with Crippen molar-refractivity contribution in [2.24, 2.45) is 0 Å². The van der Waals surface area contributed by atoms with Gasteiger partial charge in [-0.25, -0.2) is 14.3 Å². The molecule has 2 heterocycles. The number of rotatable bonds is 1. The molecule has 0 aliphatic rings. The molecular weight excluding hydrogens is 299 g/mol. The summed E-state index contributed by atoms with van der Waals surface area (Å²) in [5, 5.41) is -0.101. The Morgan fingerprint density at radius 1 is 1.00 bits per heavy atom. The van der Waals surface area contributed by atoms with Crippen LogP contribution in [0.5, 0.6) is 0 Å². The quantitative estimate of drug-likeness (QED) is 0.748. The van der Waals surface area contributed by atoms with Crippen molar-refractivity contribution < 1.29 is 13.2 Å². The van der Waals surface area contributed by atoms with E-state index in [1.165, 1.54) is 12.1 Å². The summed E-state index contributed by atoms with van der Waals surface area (Å²) < 4.78 is 39.4. The summed E-state index contributed by atoms with van der Waals surface area (Å²) in [7, 11) is 0. The van der Waals surface area contributed by atoms with Gasteiger partial charge in [0.05, 0.1) is 11.1 Å². The average Bonchev–Trinajstić information content (AvgIpc) is 2.47. The lowest BCUT2D eigenvalue weighted by Gasteiger charge is -2.11. The molecule has 0 aliphatic heterocycles. The Bertz CT molecular complexity index is 959. The molecule has 22 heavy (non-hydrogen) atoms. The highest BCUT2D eigenvalue weighted by molar-refractivity contribution is 5.75. The summed E-state index contributed by atoms with van der Waals surface area (Å²) in [6.07, 6.45) is -4.67. The van der Waals surface area contributed by atoms with Crippen LogP contribution in [-0.2, 0) is 6.18 Å². The Morgan fingerprint density at radius 3 is 2.32 bits per heavy atom. The zero-order chi connectivity index (χ0) is 15.9. The topological polar surface area (TPSA) is 67.8 Å². The highest BCUT2D eigenvalue weighted by Gasteiger charge is 2.33. The van der Waals surface area contributed by atoms with E-state index in [0.717, 1.165) is 10.6 Å². The van der Waals surface area contributed by atoms with Crippen molar-refractivity contribution in [2.45, 2.75) is 6.18 Å². The molecule has 0 aliphatic carbocycles. The molecule has 1 N–H and O–H groups in total. The minimum Gasteiger partial charge on any atom is -0.273 e. The summed E-state index contributed by atoms with van der Waals surface area (Å²) in [5.41, 5.74) is -2.84. The fraction of sp³-hybridized carbons (Fsp3) is 0.0714. The van der Waals surface area contributed by atoms with E-state index in [0.29, 0.717) is 11.8 Å². The number of alkyl halides is 3. The molecule has 0 fully saturated rings. The van der Waals surface area contributed by atoms with Gasteiger partial charge in [-0.05, 0) is 24.3 Å². The van der Waals surface area contributed by atoms with E-state index < -0.39 is 23.1 Å². The molecule has 3 aromatic rings. The first-order valence-electron chi connectivity index (χ1n) is 6.16. The van der Waals surface area contributed by atoms with Crippen LogP contribution in [0.3, 0.4) is 0 Å². The van der Waals surface area contributed by atoms with Crippen molar-refractivity contribution in [3.63, 3.8) is 0 Å². The molecule has 0 unspecified atom stereocenters. The van der Waals surface area contributed by atoms with Gasteiger partial charge in [0.1, 0.15) is 5.69 Å². The van der Waals surface area contributed by atoms with Gasteiger partial charge < -0.3 is 0 Å². The van der Waals surface area contributed by atoms with Crippen molar-refractivity contribution in [2.75, 3.05) is 0 Å². The standard InChI is InChI=1S/C14H8F3N3O2/c15-14(16,17)10-7-6-9-11(18-10)20(13(22)19-12(9)21)8-4-2-1-3-5-8/h1-7H,(H,19,21,22). The second kappa shape index (κ2) is 4.83. The summed E-state index contributed by atoms with van der Waals surface area (Å²) in [6, 6.07) is 9.69. The number of para-hydroxylation sites is 1. The van der Waals surface area contributed by atoms with Gasteiger partial charge in [0.25, 0.3) is 5.56 Å². The van der Waals surface area contributed by atoms with Crippen LogP contribution >= 0.6 is 0 Å². The second-order valence-electron chi connectivity index (χ2n) is 4.50. The summed E-state index contributed by atoms with van der Waals surface area (Å²) in [5.74, 6) is 0. The van der Waals surface area contributed by atoms with Crippen LogP contribution in [0, 0.1) is 0 Å².